The summed E-state index contributed by atoms with van der Waals surface area (Å²) in [4.78, 5) is 4.30. The third-order valence-electron chi connectivity index (χ3n) is 2.93. The molecule has 0 saturated carbocycles. The van der Waals surface area contributed by atoms with Crippen LogP contribution in [0.1, 0.15) is 30.7 Å². The smallest absolute Gasteiger partial charge is 0.0795 e. The van der Waals surface area contributed by atoms with Crippen LogP contribution < -0.4 is 5.32 Å². The lowest BCUT2D eigenvalue weighted by molar-refractivity contribution is 1.02. The third kappa shape index (κ3) is 2.86. The highest BCUT2D eigenvalue weighted by Gasteiger charge is 2.05. The molecule has 90 valence electrons. The van der Waals surface area contributed by atoms with E-state index in [0.29, 0.717) is 0 Å². The van der Waals surface area contributed by atoms with Crippen LogP contribution in [0.2, 0.25) is 0 Å². The predicted molar refractivity (Wildman–Crippen MR) is 74.6 cm³/mol. The molecule has 0 spiro atoms. The van der Waals surface area contributed by atoms with Gasteiger partial charge in [-0.2, -0.15) is 0 Å². The van der Waals surface area contributed by atoms with Gasteiger partial charge < -0.3 is 5.32 Å². The number of rotatable bonds is 5. The van der Waals surface area contributed by atoms with Crippen LogP contribution in [0.4, 0.5) is 5.69 Å². The highest BCUT2D eigenvalue weighted by Crippen LogP contribution is 2.23. The maximum absolute atomic E-state index is 4.30. The van der Waals surface area contributed by atoms with Gasteiger partial charge in [0.15, 0.2) is 0 Å². The van der Waals surface area contributed by atoms with Crippen molar-refractivity contribution in [3.63, 3.8) is 0 Å². The van der Waals surface area contributed by atoms with Crippen LogP contribution in [0.5, 0.6) is 0 Å². The zero-order valence-electron chi connectivity index (χ0n) is 10.4. The molecule has 2 aromatic rings. The van der Waals surface area contributed by atoms with E-state index < -0.39 is 0 Å². The molecule has 0 amide bonds. The number of hydrogen-bond acceptors (Lipinski definition) is 3. The number of aryl methyl sites for hydroxylation is 2. The molecule has 0 unspecified atom stereocenters. The van der Waals surface area contributed by atoms with E-state index >= 15 is 0 Å². The van der Waals surface area contributed by atoms with Crippen molar-refractivity contribution >= 4 is 17.0 Å². The number of para-hydroxylation sites is 1. The maximum Gasteiger partial charge on any atom is 0.0795 e. The number of thiazole rings is 1. The standard InChI is InChI=1S/C14H18N2S/c1-3-11-6-5-7-12(4-2)14(11)15-8-13-9-17-10-16-13/h5-7,9-10,15H,3-4,8H2,1-2H3. The second-order valence-electron chi connectivity index (χ2n) is 3.99. The first-order valence-corrected chi connectivity index (χ1v) is 7.01. The Morgan fingerprint density at radius 2 is 1.88 bits per heavy atom. The highest BCUT2D eigenvalue weighted by molar-refractivity contribution is 7.07. The van der Waals surface area contributed by atoms with Gasteiger partial charge in [-0.3, -0.25) is 0 Å². The Labute approximate surface area is 107 Å². The van der Waals surface area contributed by atoms with Gasteiger partial charge in [-0.25, -0.2) is 4.98 Å². The summed E-state index contributed by atoms with van der Waals surface area (Å²) in [7, 11) is 0. The molecular weight excluding hydrogens is 228 g/mol. The molecule has 0 atom stereocenters. The van der Waals surface area contributed by atoms with Gasteiger partial charge in [0, 0.05) is 11.1 Å². The number of nitrogens with zero attached hydrogens (tertiary/aromatic N) is 1. The van der Waals surface area contributed by atoms with Crippen molar-refractivity contribution in [3.05, 3.63) is 45.9 Å². The van der Waals surface area contributed by atoms with Crippen molar-refractivity contribution in [3.8, 4) is 0 Å². The highest BCUT2D eigenvalue weighted by atomic mass is 32.1. The van der Waals surface area contributed by atoms with Crippen molar-refractivity contribution in [2.24, 2.45) is 0 Å². The minimum atomic E-state index is 0.813. The SMILES string of the molecule is CCc1cccc(CC)c1NCc1cscn1. The van der Waals surface area contributed by atoms with E-state index in [2.05, 4.69) is 47.7 Å². The van der Waals surface area contributed by atoms with E-state index in [1.807, 2.05) is 5.51 Å². The molecule has 1 aromatic heterocycles. The van der Waals surface area contributed by atoms with Crippen LogP contribution in [-0.2, 0) is 19.4 Å². The van der Waals surface area contributed by atoms with Gasteiger partial charge in [-0.1, -0.05) is 32.0 Å². The van der Waals surface area contributed by atoms with Gasteiger partial charge in [-0.05, 0) is 24.0 Å². The summed E-state index contributed by atoms with van der Waals surface area (Å²) < 4.78 is 0. The van der Waals surface area contributed by atoms with Gasteiger partial charge >= 0.3 is 0 Å². The van der Waals surface area contributed by atoms with Crippen LogP contribution in [0, 0.1) is 0 Å². The number of nitrogens with one attached hydrogen (secondary N) is 1. The summed E-state index contributed by atoms with van der Waals surface area (Å²) in [5, 5.41) is 5.62. The van der Waals surface area contributed by atoms with Crippen molar-refractivity contribution in [2.45, 2.75) is 33.2 Å². The Hall–Kier alpha value is -1.35. The van der Waals surface area contributed by atoms with Gasteiger partial charge in [0.05, 0.1) is 17.7 Å². The first kappa shape index (κ1) is 12.1. The molecule has 0 radical (unpaired) electrons. The van der Waals surface area contributed by atoms with Crippen molar-refractivity contribution in [1.82, 2.24) is 4.98 Å². The van der Waals surface area contributed by atoms with E-state index in [1.165, 1.54) is 16.8 Å². The molecule has 2 nitrogen and oxygen atoms in total. The third-order valence-corrected chi connectivity index (χ3v) is 3.56. The number of anilines is 1. The van der Waals surface area contributed by atoms with E-state index in [9.17, 15) is 0 Å². The topological polar surface area (TPSA) is 24.9 Å². The zero-order valence-corrected chi connectivity index (χ0v) is 11.2. The lowest BCUT2D eigenvalue weighted by Crippen LogP contribution is -2.05. The molecule has 0 aliphatic heterocycles. The molecule has 3 heteroatoms. The minimum Gasteiger partial charge on any atom is -0.379 e. The summed E-state index contributed by atoms with van der Waals surface area (Å²) in [6, 6.07) is 6.54. The normalized spacial score (nSPS) is 10.5. The molecule has 0 aliphatic rings. The second kappa shape index (κ2) is 5.82. The van der Waals surface area contributed by atoms with E-state index in [1.54, 1.807) is 11.3 Å². The summed E-state index contributed by atoms with van der Waals surface area (Å²) in [6.45, 7) is 5.21. The van der Waals surface area contributed by atoms with Crippen molar-refractivity contribution < 1.29 is 0 Å². The Morgan fingerprint density at radius 3 is 2.41 bits per heavy atom. The van der Waals surface area contributed by atoms with Crippen LogP contribution in [0.3, 0.4) is 0 Å². The Morgan fingerprint density at radius 1 is 1.18 bits per heavy atom. The number of hydrogen-bond donors (Lipinski definition) is 1. The van der Waals surface area contributed by atoms with Gasteiger partial charge in [-0.15, -0.1) is 11.3 Å². The van der Waals surface area contributed by atoms with Gasteiger partial charge in [0.25, 0.3) is 0 Å². The average Bonchev–Trinajstić information content (AvgIpc) is 2.88. The molecule has 1 N–H and O–H groups in total. The largest absolute Gasteiger partial charge is 0.379 e. The molecule has 0 aliphatic carbocycles. The molecule has 1 heterocycles. The van der Waals surface area contributed by atoms with Crippen molar-refractivity contribution in [1.29, 1.82) is 0 Å². The summed E-state index contributed by atoms with van der Waals surface area (Å²) in [5.74, 6) is 0. The molecule has 2 rings (SSSR count). The molecule has 1 aromatic carbocycles. The monoisotopic (exact) mass is 246 g/mol. The molecule has 17 heavy (non-hydrogen) atoms. The molecule has 0 saturated heterocycles. The van der Waals surface area contributed by atoms with Gasteiger partial charge in [0.2, 0.25) is 0 Å². The first-order chi connectivity index (χ1) is 8.35. The lowest BCUT2D eigenvalue weighted by atomic mass is 10.0. The minimum absolute atomic E-state index is 0.813. The van der Waals surface area contributed by atoms with Crippen LogP contribution in [0.25, 0.3) is 0 Å². The lowest BCUT2D eigenvalue weighted by Gasteiger charge is -2.14. The van der Waals surface area contributed by atoms with Gasteiger partial charge in [0.1, 0.15) is 0 Å². The second-order valence-corrected chi connectivity index (χ2v) is 4.71. The Kier molecular flexibility index (Phi) is 4.15. The van der Waals surface area contributed by atoms with E-state index in [4.69, 9.17) is 0 Å². The Bertz CT molecular complexity index is 441. The predicted octanol–water partition coefficient (Wildman–Crippen LogP) is 3.88. The first-order valence-electron chi connectivity index (χ1n) is 6.06. The fourth-order valence-corrected chi connectivity index (χ4v) is 2.53. The fourth-order valence-electron chi connectivity index (χ4n) is 1.97. The summed E-state index contributed by atoms with van der Waals surface area (Å²) in [5.41, 5.74) is 7.07. The number of benzene rings is 1. The van der Waals surface area contributed by atoms with E-state index in [-0.39, 0.29) is 0 Å². The van der Waals surface area contributed by atoms with Crippen LogP contribution in [0.15, 0.2) is 29.1 Å². The Balaban J connectivity index is 2.18. The van der Waals surface area contributed by atoms with E-state index in [0.717, 1.165) is 25.1 Å². The quantitative estimate of drug-likeness (QED) is 0.866. The maximum atomic E-state index is 4.30. The molecule has 0 fully saturated rings. The fraction of sp³-hybridized carbons (Fsp3) is 0.357. The average molecular weight is 246 g/mol. The molecule has 0 bridgehead atoms. The van der Waals surface area contributed by atoms with Crippen LogP contribution in [-0.4, -0.2) is 4.98 Å². The molecular formula is C14H18N2S. The van der Waals surface area contributed by atoms with Crippen molar-refractivity contribution in [2.75, 3.05) is 5.32 Å². The zero-order chi connectivity index (χ0) is 12.1. The number of aromatic nitrogens is 1. The summed E-state index contributed by atoms with van der Waals surface area (Å²) in [6.07, 6.45) is 2.13. The van der Waals surface area contributed by atoms with Crippen LogP contribution >= 0.6 is 11.3 Å². The summed E-state index contributed by atoms with van der Waals surface area (Å²) >= 11 is 1.64.